The summed E-state index contributed by atoms with van der Waals surface area (Å²) in [5, 5.41) is 0. The van der Waals surface area contributed by atoms with Gasteiger partial charge in [0.05, 0.1) is 17.2 Å². The number of aryl methyl sites for hydroxylation is 2. The van der Waals surface area contributed by atoms with Crippen LogP contribution < -0.4 is 0 Å². The van der Waals surface area contributed by atoms with Crippen molar-refractivity contribution in [1.82, 2.24) is 9.88 Å². The summed E-state index contributed by atoms with van der Waals surface area (Å²) in [7, 11) is 0. The number of hydrogen-bond donors (Lipinski definition) is 0. The van der Waals surface area contributed by atoms with E-state index in [4.69, 9.17) is 9.15 Å². The Hall–Kier alpha value is -2.47. The van der Waals surface area contributed by atoms with E-state index in [9.17, 15) is 9.59 Å². The molecule has 1 amide bonds. The van der Waals surface area contributed by atoms with Crippen molar-refractivity contribution in [2.24, 2.45) is 0 Å². The molecule has 27 heavy (non-hydrogen) atoms. The van der Waals surface area contributed by atoms with Gasteiger partial charge in [-0.3, -0.25) is 14.6 Å². The Morgan fingerprint density at radius 1 is 1.26 bits per heavy atom. The predicted molar refractivity (Wildman–Crippen MR) is 98.7 cm³/mol. The zero-order chi connectivity index (χ0) is 18.8. The number of aromatic nitrogens is 1. The Bertz CT molecular complexity index is 837. The average Bonchev–Trinajstić information content (AvgIpc) is 3.29. The minimum atomic E-state index is -0.153. The Labute approximate surface area is 158 Å². The molecule has 2 aliphatic rings. The molecule has 1 unspecified atom stereocenters. The third kappa shape index (κ3) is 3.67. The SMILES string of the molecule is Cc1oc2c(c1C(=O)N(Cc1ccncc1)CC1CCCO1)C(=O)CCC2. The number of nitrogens with zero attached hydrogens (tertiary/aromatic N) is 2. The molecule has 1 aliphatic heterocycles. The number of hydrogen-bond acceptors (Lipinski definition) is 5. The first-order chi connectivity index (χ1) is 13.1. The van der Waals surface area contributed by atoms with Crippen LogP contribution in [-0.4, -0.2) is 40.8 Å². The van der Waals surface area contributed by atoms with Gasteiger partial charge >= 0.3 is 0 Å². The smallest absolute Gasteiger partial charge is 0.258 e. The van der Waals surface area contributed by atoms with Gasteiger partial charge in [-0.25, -0.2) is 0 Å². The van der Waals surface area contributed by atoms with Crippen LogP contribution in [0, 0.1) is 6.92 Å². The maximum atomic E-state index is 13.5. The molecule has 142 valence electrons. The molecule has 0 N–H and O–H groups in total. The van der Waals surface area contributed by atoms with Crippen LogP contribution in [-0.2, 0) is 17.7 Å². The summed E-state index contributed by atoms with van der Waals surface area (Å²) in [6, 6.07) is 3.80. The molecule has 0 bridgehead atoms. The van der Waals surface area contributed by atoms with Crippen LogP contribution in [0.2, 0.25) is 0 Å². The predicted octanol–water partition coefficient (Wildman–Crippen LogP) is 3.32. The van der Waals surface area contributed by atoms with Crippen LogP contribution in [0.3, 0.4) is 0 Å². The van der Waals surface area contributed by atoms with E-state index in [-0.39, 0.29) is 17.8 Å². The second-order valence-corrected chi connectivity index (χ2v) is 7.28. The fourth-order valence-electron chi connectivity index (χ4n) is 3.99. The topological polar surface area (TPSA) is 72.6 Å². The van der Waals surface area contributed by atoms with Gasteiger partial charge in [0, 0.05) is 44.9 Å². The van der Waals surface area contributed by atoms with E-state index in [0.717, 1.165) is 31.4 Å². The Morgan fingerprint density at radius 3 is 2.81 bits per heavy atom. The molecule has 2 aromatic heterocycles. The van der Waals surface area contributed by atoms with Crippen LogP contribution in [0.4, 0.5) is 0 Å². The van der Waals surface area contributed by atoms with Crippen molar-refractivity contribution in [3.63, 3.8) is 0 Å². The van der Waals surface area contributed by atoms with Gasteiger partial charge in [0.25, 0.3) is 5.91 Å². The standard InChI is InChI=1S/C21H24N2O4/c1-14-19(20-17(24)5-2-6-18(20)27-14)21(25)23(13-16-4-3-11-26-16)12-15-7-9-22-10-8-15/h7-10,16H,2-6,11-13H2,1H3. The fourth-order valence-corrected chi connectivity index (χ4v) is 3.99. The van der Waals surface area contributed by atoms with Gasteiger partial charge in [0.2, 0.25) is 0 Å². The number of fused-ring (bicyclic) bond motifs is 1. The normalized spacial score (nSPS) is 19.1. The van der Waals surface area contributed by atoms with E-state index >= 15 is 0 Å². The minimum absolute atomic E-state index is 0.0115. The number of ketones is 1. The highest BCUT2D eigenvalue weighted by atomic mass is 16.5. The van der Waals surface area contributed by atoms with Gasteiger partial charge in [-0.2, -0.15) is 0 Å². The summed E-state index contributed by atoms with van der Waals surface area (Å²) >= 11 is 0. The van der Waals surface area contributed by atoms with Gasteiger partial charge in [-0.1, -0.05) is 0 Å². The number of carbonyl (C=O) groups excluding carboxylic acids is 2. The van der Waals surface area contributed by atoms with Crippen molar-refractivity contribution < 1.29 is 18.7 Å². The van der Waals surface area contributed by atoms with E-state index in [1.54, 1.807) is 24.2 Å². The van der Waals surface area contributed by atoms with E-state index in [0.29, 0.717) is 48.6 Å². The van der Waals surface area contributed by atoms with Gasteiger partial charge in [-0.05, 0) is 43.9 Å². The summed E-state index contributed by atoms with van der Waals surface area (Å²) in [6.07, 6.45) is 7.41. The Kier molecular flexibility index (Phi) is 5.07. The zero-order valence-electron chi connectivity index (χ0n) is 15.6. The first-order valence-electron chi connectivity index (χ1n) is 9.58. The molecule has 1 saturated heterocycles. The second-order valence-electron chi connectivity index (χ2n) is 7.28. The van der Waals surface area contributed by atoms with Crippen molar-refractivity contribution in [3.05, 3.63) is 52.7 Å². The largest absolute Gasteiger partial charge is 0.465 e. The van der Waals surface area contributed by atoms with Crippen LogP contribution >= 0.6 is 0 Å². The average molecular weight is 368 g/mol. The first-order valence-corrected chi connectivity index (χ1v) is 9.58. The van der Waals surface area contributed by atoms with Crippen molar-refractivity contribution in [2.75, 3.05) is 13.2 Å². The number of amides is 1. The quantitative estimate of drug-likeness (QED) is 0.809. The molecule has 0 spiro atoms. The molecule has 0 saturated carbocycles. The second kappa shape index (κ2) is 7.64. The molecule has 2 aromatic rings. The lowest BCUT2D eigenvalue weighted by atomic mass is 9.93. The summed E-state index contributed by atoms with van der Waals surface area (Å²) in [6.45, 7) is 3.47. The number of furan rings is 1. The van der Waals surface area contributed by atoms with Crippen molar-refractivity contribution >= 4 is 11.7 Å². The first kappa shape index (κ1) is 17.9. The monoisotopic (exact) mass is 368 g/mol. The zero-order valence-corrected chi connectivity index (χ0v) is 15.6. The van der Waals surface area contributed by atoms with Crippen LogP contribution in [0.15, 0.2) is 28.9 Å². The lowest BCUT2D eigenvalue weighted by Gasteiger charge is -2.26. The molecular weight excluding hydrogens is 344 g/mol. The molecule has 1 aliphatic carbocycles. The van der Waals surface area contributed by atoms with Gasteiger partial charge < -0.3 is 14.1 Å². The van der Waals surface area contributed by atoms with Crippen LogP contribution in [0.25, 0.3) is 0 Å². The molecule has 0 radical (unpaired) electrons. The highest BCUT2D eigenvalue weighted by Crippen LogP contribution is 2.31. The number of Topliss-reactive ketones (excluding diaryl/α,β-unsaturated/α-hetero) is 1. The summed E-state index contributed by atoms with van der Waals surface area (Å²) < 4.78 is 11.5. The number of carbonyl (C=O) groups is 2. The molecule has 1 atom stereocenters. The highest BCUT2D eigenvalue weighted by molar-refractivity contribution is 6.10. The number of pyridine rings is 1. The molecular formula is C21H24N2O4. The lowest BCUT2D eigenvalue weighted by molar-refractivity contribution is 0.0504. The lowest BCUT2D eigenvalue weighted by Crippen LogP contribution is -2.37. The summed E-state index contributed by atoms with van der Waals surface area (Å²) in [4.78, 5) is 31.8. The van der Waals surface area contributed by atoms with E-state index in [1.165, 1.54) is 0 Å². The van der Waals surface area contributed by atoms with Crippen molar-refractivity contribution in [2.45, 2.75) is 51.7 Å². The molecule has 6 heteroatoms. The fraction of sp³-hybridized carbons (Fsp3) is 0.476. The van der Waals surface area contributed by atoms with E-state index in [2.05, 4.69) is 4.98 Å². The van der Waals surface area contributed by atoms with Gasteiger partial charge in [0.15, 0.2) is 5.78 Å². The Balaban J connectivity index is 1.66. The van der Waals surface area contributed by atoms with E-state index < -0.39 is 0 Å². The summed E-state index contributed by atoms with van der Waals surface area (Å²) in [5.41, 5.74) is 1.93. The maximum absolute atomic E-state index is 13.5. The van der Waals surface area contributed by atoms with Crippen LogP contribution in [0.5, 0.6) is 0 Å². The maximum Gasteiger partial charge on any atom is 0.258 e. The van der Waals surface area contributed by atoms with Crippen LogP contribution in [0.1, 0.15) is 63.5 Å². The molecule has 0 aromatic carbocycles. The highest BCUT2D eigenvalue weighted by Gasteiger charge is 2.33. The third-order valence-corrected chi connectivity index (χ3v) is 5.32. The summed E-state index contributed by atoms with van der Waals surface area (Å²) in [5.74, 6) is 1.05. The Morgan fingerprint density at radius 2 is 2.07 bits per heavy atom. The third-order valence-electron chi connectivity index (χ3n) is 5.32. The molecule has 6 nitrogen and oxygen atoms in total. The molecule has 3 heterocycles. The molecule has 4 rings (SSSR count). The van der Waals surface area contributed by atoms with Crippen molar-refractivity contribution in [3.8, 4) is 0 Å². The van der Waals surface area contributed by atoms with Crippen molar-refractivity contribution in [1.29, 1.82) is 0 Å². The number of ether oxygens (including phenoxy) is 1. The molecule has 1 fully saturated rings. The van der Waals surface area contributed by atoms with Gasteiger partial charge in [0.1, 0.15) is 11.5 Å². The van der Waals surface area contributed by atoms with Gasteiger partial charge in [-0.15, -0.1) is 0 Å². The minimum Gasteiger partial charge on any atom is -0.465 e. The number of rotatable bonds is 5. The van der Waals surface area contributed by atoms with E-state index in [1.807, 2.05) is 12.1 Å².